The van der Waals surface area contributed by atoms with Crippen molar-refractivity contribution in [3.05, 3.63) is 0 Å². The van der Waals surface area contributed by atoms with Gasteiger partial charge in [-0.2, -0.15) is 0 Å². The van der Waals surface area contributed by atoms with Gasteiger partial charge >= 0.3 is 5.97 Å². The second kappa shape index (κ2) is 10.4. The molecule has 0 bridgehead atoms. The Kier molecular flexibility index (Phi) is 11.8. The number of methoxy groups -OCH3 is 1. The zero-order valence-electron chi connectivity index (χ0n) is 9.19. The molecule has 0 aromatic heterocycles. The molecule has 0 amide bonds. The number of aliphatic hydroxyl groups is 2. The van der Waals surface area contributed by atoms with E-state index in [1.807, 2.05) is 6.92 Å². The van der Waals surface area contributed by atoms with Crippen LogP contribution in [0, 0.1) is 0 Å². The Hall–Kier alpha value is -0.650. The Morgan fingerprint density at radius 1 is 1.36 bits per heavy atom. The average molecular weight is 208 g/mol. The summed E-state index contributed by atoms with van der Waals surface area (Å²) < 4.78 is 8.97. The highest BCUT2D eigenvalue weighted by molar-refractivity contribution is 5.73. The van der Waals surface area contributed by atoms with Gasteiger partial charge in [0.15, 0.2) is 0 Å². The molecule has 0 radical (unpaired) electrons. The highest BCUT2D eigenvalue weighted by Gasteiger charge is 2.05. The van der Waals surface area contributed by atoms with Gasteiger partial charge in [0.2, 0.25) is 0 Å². The number of carbonyl (C=O) groups is 1. The number of hydrogen-bond acceptors (Lipinski definition) is 5. The van der Waals surface area contributed by atoms with Crippen LogP contribution in [0.3, 0.4) is 0 Å². The minimum atomic E-state index is -0.995. The van der Waals surface area contributed by atoms with Crippen molar-refractivity contribution in [1.82, 2.24) is 0 Å². The molecule has 14 heavy (non-hydrogen) atoms. The zero-order chi connectivity index (χ0) is 11.6. The van der Waals surface area contributed by atoms with E-state index in [1.165, 1.54) is 14.0 Å². The molecule has 0 aliphatic carbocycles. The van der Waals surface area contributed by atoms with Crippen LogP contribution >= 0.6 is 0 Å². The van der Waals surface area contributed by atoms with Crippen LogP contribution in [0.2, 0.25) is 0 Å². The van der Waals surface area contributed by atoms with E-state index in [4.69, 9.17) is 14.9 Å². The molecule has 5 heteroatoms. The molecule has 0 rings (SSSR count). The third kappa shape index (κ3) is 13.9. The van der Waals surface area contributed by atoms with E-state index in [9.17, 15) is 4.79 Å². The van der Waals surface area contributed by atoms with Crippen molar-refractivity contribution in [3.63, 3.8) is 0 Å². The monoisotopic (exact) mass is 208 g/mol. The fraction of sp³-hybridized carbons (Fsp3) is 0.889. The number of carbonyl (C=O) groups excluding carboxylic acids is 1. The van der Waals surface area contributed by atoms with Crippen molar-refractivity contribution in [3.8, 4) is 0 Å². The van der Waals surface area contributed by atoms with Crippen LogP contribution in [0.25, 0.3) is 0 Å². The maximum Gasteiger partial charge on any atom is 0.334 e. The molecule has 0 aromatic carbocycles. The number of hydrogen-bond donors (Lipinski definition) is 2. The van der Waals surface area contributed by atoms with Gasteiger partial charge in [0.1, 0.15) is 6.10 Å². The highest BCUT2D eigenvalue weighted by atomic mass is 16.5. The van der Waals surface area contributed by atoms with Crippen molar-refractivity contribution in [1.29, 1.82) is 0 Å². The minimum Gasteiger partial charge on any atom is -0.467 e. The fourth-order valence-corrected chi connectivity index (χ4v) is 0.459. The van der Waals surface area contributed by atoms with Crippen LogP contribution in [0.1, 0.15) is 20.8 Å². The number of ether oxygens (including phenoxy) is 2. The molecule has 0 aliphatic heterocycles. The zero-order valence-corrected chi connectivity index (χ0v) is 9.19. The Bertz CT molecular complexity index is 133. The second-order valence-electron chi connectivity index (χ2n) is 2.71. The summed E-state index contributed by atoms with van der Waals surface area (Å²) in [5, 5.41) is 16.9. The number of esters is 1. The molecular formula is C9H20O5. The summed E-state index contributed by atoms with van der Waals surface area (Å²) in [5.74, 6) is -0.597. The molecular weight excluding hydrogens is 188 g/mol. The molecule has 0 saturated carbocycles. The summed E-state index contributed by atoms with van der Waals surface area (Å²) in [6.45, 7) is 6.10. The molecule has 2 unspecified atom stereocenters. The first-order chi connectivity index (χ1) is 6.45. The molecule has 86 valence electrons. The first-order valence-electron chi connectivity index (χ1n) is 4.47. The van der Waals surface area contributed by atoms with Crippen molar-refractivity contribution in [2.45, 2.75) is 33.0 Å². The molecule has 2 atom stereocenters. The van der Waals surface area contributed by atoms with Crippen molar-refractivity contribution < 1.29 is 24.5 Å². The van der Waals surface area contributed by atoms with Gasteiger partial charge < -0.3 is 19.7 Å². The van der Waals surface area contributed by atoms with E-state index in [2.05, 4.69) is 4.74 Å². The minimum absolute atomic E-state index is 0.319. The molecule has 2 N–H and O–H groups in total. The van der Waals surface area contributed by atoms with Crippen molar-refractivity contribution >= 4 is 5.97 Å². The Morgan fingerprint density at radius 2 is 1.86 bits per heavy atom. The summed E-state index contributed by atoms with van der Waals surface area (Å²) in [4.78, 5) is 10.0. The molecule has 0 fully saturated rings. The lowest BCUT2D eigenvalue weighted by Gasteiger charge is -2.00. The first kappa shape index (κ1) is 15.8. The van der Waals surface area contributed by atoms with E-state index in [-0.39, 0.29) is 6.10 Å². The molecule has 0 aliphatic rings. The lowest BCUT2D eigenvalue weighted by Crippen LogP contribution is -2.16. The van der Waals surface area contributed by atoms with Gasteiger partial charge in [-0.3, -0.25) is 0 Å². The number of aliphatic hydroxyl groups excluding tert-OH is 2. The summed E-state index contributed by atoms with van der Waals surface area (Å²) in [6, 6.07) is 0. The van der Waals surface area contributed by atoms with E-state index >= 15 is 0 Å². The van der Waals surface area contributed by atoms with Gasteiger partial charge in [-0.05, 0) is 20.8 Å². The predicted octanol–water partition coefficient (Wildman–Crippen LogP) is -0.0561. The third-order valence-corrected chi connectivity index (χ3v) is 1.11. The van der Waals surface area contributed by atoms with Gasteiger partial charge in [-0.15, -0.1) is 0 Å². The van der Waals surface area contributed by atoms with Gasteiger partial charge in [0.05, 0.1) is 19.8 Å². The van der Waals surface area contributed by atoms with Gasteiger partial charge in [-0.1, -0.05) is 0 Å². The normalized spacial score (nSPS) is 13.6. The molecule has 0 aromatic rings. The highest BCUT2D eigenvalue weighted by Crippen LogP contribution is 1.80. The standard InChI is InChI=1S/C5H12O2.C4H8O3/c1-3-7-4-5(2)6;1-3(5)4(6)7-2/h5-6H,3-4H2,1-2H3;3,5H,1-2H3. The molecule has 0 saturated heterocycles. The SMILES string of the molecule is CCOCC(C)O.COC(=O)C(C)O. The van der Waals surface area contributed by atoms with E-state index in [0.29, 0.717) is 13.2 Å². The maximum absolute atomic E-state index is 10.0. The Morgan fingerprint density at radius 3 is 1.93 bits per heavy atom. The fourth-order valence-electron chi connectivity index (χ4n) is 0.459. The lowest BCUT2D eigenvalue weighted by atomic mass is 10.4. The summed E-state index contributed by atoms with van der Waals surface area (Å²) in [5.41, 5.74) is 0. The Labute approximate surface area is 84.6 Å². The van der Waals surface area contributed by atoms with Crippen molar-refractivity contribution in [2.75, 3.05) is 20.3 Å². The average Bonchev–Trinajstić information content (AvgIpc) is 2.14. The van der Waals surface area contributed by atoms with E-state index in [1.54, 1.807) is 6.92 Å². The van der Waals surface area contributed by atoms with Crippen LogP contribution in [0.15, 0.2) is 0 Å². The van der Waals surface area contributed by atoms with Gasteiger partial charge in [0, 0.05) is 6.61 Å². The van der Waals surface area contributed by atoms with Crippen LogP contribution < -0.4 is 0 Å². The number of rotatable bonds is 4. The third-order valence-electron chi connectivity index (χ3n) is 1.11. The summed E-state index contributed by atoms with van der Waals surface area (Å²) >= 11 is 0. The smallest absolute Gasteiger partial charge is 0.334 e. The van der Waals surface area contributed by atoms with Crippen LogP contribution in [0.5, 0.6) is 0 Å². The summed E-state index contributed by atoms with van der Waals surface area (Å²) in [6.07, 6.45) is -1.31. The molecule has 5 nitrogen and oxygen atoms in total. The van der Waals surface area contributed by atoms with Crippen LogP contribution in [0.4, 0.5) is 0 Å². The van der Waals surface area contributed by atoms with E-state index in [0.717, 1.165) is 0 Å². The largest absolute Gasteiger partial charge is 0.467 e. The van der Waals surface area contributed by atoms with Crippen LogP contribution in [-0.2, 0) is 14.3 Å². The molecule has 0 heterocycles. The maximum atomic E-state index is 10.0. The predicted molar refractivity (Wildman–Crippen MR) is 51.9 cm³/mol. The van der Waals surface area contributed by atoms with E-state index < -0.39 is 12.1 Å². The lowest BCUT2D eigenvalue weighted by molar-refractivity contribution is -0.149. The van der Waals surface area contributed by atoms with Crippen molar-refractivity contribution in [2.24, 2.45) is 0 Å². The Balaban J connectivity index is 0. The topological polar surface area (TPSA) is 76.0 Å². The summed E-state index contributed by atoms with van der Waals surface area (Å²) in [7, 11) is 1.23. The van der Waals surface area contributed by atoms with Gasteiger partial charge in [-0.25, -0.2) is 4.79 Å². The molecule has 0 spiro atoms. The van der Waals surface area contributed by atoms with Crippen LogP contribution in [-0.4, -0.2) is 48.7 Å². The first-order valence-corrected chi connectivity index (χ1v) is 4.47. The van der Waals surface area contributed by atoms with Gasteiger partial charge in [0.25, 0.3) is 0 Å². The quantitative estimate of drug-likeness (QED) is 0.633. The second-order valence-corrected chi connectivity index (χ2v) is 2.71.